The van der Waals surface area contributed by atoms with Crippen molar-refractivity contribution in [3.8, 4) is 0 Å². The normalized spacial score (nSPS) is 11.6. The average Bonchev–Trinajstić information content (AvgIpc) is 2.30. The highest BCUT2D eigenvalue weighted by Gasteiger charge is 2.27. The van der Waals surface area contributed by atoms with E-state index in [9.17, 15) is 18.9 Å². The van der Waals surface area contributed by atoms with Crippen molar-refractivity contribution in [2.24, 2.45) is 0 Å². The lowest BCUT2D eigenvalue weighted by atomic mass is 10.2. The maximum atomic E-state index is 12.7. The Morgan fingerprint density at radius 2 is 2.17 bits per heavy atom. The molecule has 0 spiro atoms. The number of alkyl halides is 2. The van der Waals surface area contributed by atoms with Crippen molar-refractivity contribution in [2.75, 3.05) is 13.2 Å². The van der Waals surface area contributed by atoms with Crippen LogP contribution >= 0.6 is 11.6 Å². The number of benzene rings is 1. The van der Waals surface area contributed by atoms with Crippen molar-refractivity contribution in [1.29, 1.82) is 0 Å². The number of hydrogen-bond acceptors (Lipinski definition) is 4. The molecule has 0 atom stereocenters. The molecular weight excluding hydrogens is 270 g/mol. The van der Waals surface area contributed by atoms with Crippen LogP contribution in [0.1, 0.15) is 5.56 Å². The fraction of sp³-hybridized carbons (Fsp3) is 0.400. The molecule has 1 aromatic rings. The second-order valence-electron chi connectivity index (χ2n) is 3.65. The molecule has 0 saturated heterocycles. The zero-order valence-electron chi connectivity index (χ0n) is 9.20. The lowest BCUT2D eigenvalue weighted by Gasteiger charge is -2.13. The van der Waals surface area contributed by atoms with Crippen LogP contribution in [0.25, 0.3) is 0 Å². The summed E-state index contributed by atoms with van der Waals surface area (Å²) in [6, 6.07) is 3.99. The van der Waals surface area contributed by atoms with Gasteiger partial charge in [0.15, 0.2) is 0 Å². The maximum absolute atomic E-state index is 12.7. The number of nitrogens with zero attached hydrogens (tertiary/aromatic N) is 1. The van der Waals surface area contributed by atoms with E-state index in [1.165, 1.54) is 12.1 Å². The Balaban J connectivity index is 2.70. The largest absolute Gasteiger partial charge is 0.390 e. The molecule has 0 amide bonds. The molecule has 1 aromatic carbocycles. The molecule has 1 rings (SSSR count). The second-order valence-corrected chi connectivity index (χ2v) is 4.08. The Hall–Kier alpha value is -1.31. The van der Waals surface area contributed by atoms with E-state index >= 15 is 0 Å². The minimum atomic E-state index is -3.25. The Morgan fingerprint density at radius 1 is 1.50 bits per heavy atom. The fourth-order valence-electron chi connectivity index (χ4n) is 1.29. The lowest BCUT2D eigenvalue weighted by Crippen LogP contribution is -2.35. The third-order valence-electron chi connectivity index (χ3n) is 2.17. The molecule has 0 aliphatic rings. The monoisotopic (exact) mass is 280 g/mol. The summed E-state index contributed by atoms with van der Waals surface area (Å²) >= 11 is 5.61. The third kappa shape index (κ3) is 4.17. The predicted molar refractivity (Wildman–Crippen MR) is 61.8 cm³/mol. The van der Waals surface area contributed by atoms with E-state index in [0.717, 1.165) is 6.07 Å². The molecule has 0 radical (unpaired) electrons. The van der Waals surface area contributed by atoms with Crippen LogP contribution in [0.5, 0.6) is 0 Å². The summed E-state index contributed by atoms with van der Waals surface area (Å²) in [4.78, 5) is 10.1. The van der Waals surface area contributed by atoms with Gasteiger partial charge >= 0.3 is 0 Å². The van der Waals surface area contributed by atoms with Gasteiger partial charge < -0.3 is 10.4 Å². The Bertz CT molecular complexity index is 443. The van der Waals surface area contributed by atoms with Crippen molar-refractivity contribution in [3.63, 3.8) is 0 Å². The summed E-state index contributed by atoms with van der Waals surface area (Å²) in [5.74, 6) is -3.25. The van der Waals surface area contributed by atoms with E-state index < -0.39 is 24.0 Å². The second kappa shape index (κ2) is 6.03. The van der Waals surface area contributed by atoms with E-state index in [1.54, 1.807) is 0 Å². The summed E-state index contributed by atoms with van der Waals surface area (Å²) in [6.45, 7) is -2.14. The average molecular weight is 281 g/mol. The Morgan fingerprint density at radius 3 is 2.72 bits per heavy atom. The molecule has 0 bridgehead atoms. The van der Waals surface area contributed by atoms with Gasteiger partial charge in [-0.15, -0.1) is 0 Å². The van der Waals surface area contributed by atoms with Crippen LogP contribution < -0.4 is 5.32 Å². The van der Waals surface area contributed by atoms with Gasteiger partial charge in [-0.2, -0.15) is 0 Å². The first-order valence-electron chi connectivity index (χ1n) is 4.98. The summed E-state index contributed by atoms with van der Waals surface area (Å²) in [6.07, 6.45) is 0. The molecule has 8 heteroatoms. The number of hydrogen-bond donors (Lipinski definition) is 2. The first kappa shape index (κ1) is 14.7. The molecule has 18 heavy (non-hydrogen) atoms. The van der Waals surface area contributed by atoms with Gasteiger partial charge in [0.05, 0.1) is 11.5 Å². The number of halogens is 3. The SMILES string of the molecule is O=[N+]([O-])c1cc(Cl)ccc1CNCC(F)(F)CO. The van der Waals surface area contributed by atoms with Crippen LogP contribution in [0.15, 0.2) is 18.2 Å². The minimum absolute atomic E-state index is 0.108. The van der Waals surface area contributed by atoms with Gasteiger partial charge in [0.1, 0.15) is 6.61 Å². The zero-order valence-corrected chi connectivity index (χ0v) is 9.95. The van der Waals surface area contributed by atoms with E-state index in [-0.39, 0.29) is 22.8 Å². The molecule has 100 valence electrons. The number of nitro benzene ring substituents is 1. The zero-order chi connectivity index (χ0) is 13.8. The van der Waals surface area contributed by atoms with Crippen molar-refractivity contribution >= 4 is 17.3 Å². The van der Waals surface area contributed by atoms with Gasteiger partial charge in [-0.05, 0) is 12.1 Å². The first-order chi connectivity index (χ1) is 8.35. The Kier molecular flexibility index (Phi) is 4.94. The summed E-state index contributed by atoms with van der Waals surface area (Å²) in [5.41, 5.74) is 0.0143. The lowest BCUT2D eigenvalue weighted by molar-refractivity contribution is -0.385. The topological polar surface area (TPSA) is 75.4 Å². The van der Waals surface area contributed by atoms with Crippen molar-refractivity contribution in [2.45, 2.75) is 12.5 Å². The number of rotatable bonds is 6. The van der Waals surface area contributed by atoms with Gasteiger partial charge in [0.2, 0.25) is 0 Å². The molecule has 5 nitrogen and oxygen atoms in total. The molecule has 0 unspecified atom stereocenters. The van der Waals surface area contributed by atoms with Crippen molar-refractivity contribution in [3.05, 3.63) is 38.9 Å². The number of aliphatic hydroxyl groups is 1. The van der Waals surface area contributed by atoms with E-state index in [1.807, 2.05) is 0 Å². The summed E-state index contributed by atoms with van der Waals surface area (Å²) < 4.78 is 25.4. The first-order valence-corrected chi connectivity index (χ1v) is 5.36. The van der Waals surface area contributed by atoms with Gasteiger partial charge in [0.25, 0.3) is 11.6 Å². The maximum Gasteiger partial charge on any atom is 0.282 e. The summed E-state index contributed by atoms with van der Waals surface area (Å²) in [7, 11) is 0. The highest BCUT2D eigenvalue weighted by Crippen LogP contribution is 2.23. The van der Waals surface area contributed by atoms with Gasteiger partial charge in [-0.3, -0.25) is 10.1 Å². The highest BCUT2D eigenvalue weighted by molar-refractivity contribution is 6.30. The summed E-state index contributed by atoms with van der Waals surface area (Å²) in [5, 5.41) is 21.6. The number of nitro groups is 1. The highest BCUT2D eigenvalue weighted by atomic mass is 35.5. The molecular formula is C10H11ClF2N2O3. The molecule has 2 N–H and O–H groups in total. The minimum Gasteiger partial charge on any atom is -0.390 e. The van der Waals surface area contributed by atoms with Crippen LogP contribution in [0.2, 0.25) is 5.02 Å². The predicted octanol–water partition coefficient (Wildman–Crippen LogP) is 1.97. The molecule has 0 aliphatic heterocycles. The molecule has 0 fully saturated rings. The molecule has 0 heterocycles. The van der Waals surface area contributed by atoms with Crippen LogP contribution in [-0.4, -0.2) is 29.1 Å². The number of aliphatic hydroxyl groups excluding tert-OH is 1. The molecule has 0 saturated carbocycles. The van der Waals surface area contributed by atoms with Crippen LogP contribution in [-0.2, 0) is 6.54 Å². The van der Waals surface area contributed by atoms with Crippen LogP contribution in [0, 0.1) is 10.1 Å². The van der Waals surface area contributed by atoms with Crippen LogP contribution in [0.4, 0.5) is 14.5 Å². The molecule has 0 aliphatic carbocycles. The smallest absolute Gasteiger partial charge is 0.282 e. The van der Waals surface area contributed by atoms with Gasteiger partial charge in [0, 0.05) is 23.2 Å². The standard InChI is InChI=1S/C10H11ClF2N2O3/c11-8-2-1-7(9(3-8)15(17)18)4-14-5-10(12,13)6-16/h1-3,14,16H,4-6H2. The number of nitrogens with one attached hydrogen (secondary N) is 1. The molecule has 0 aromatic heterocycles. The van der Waals surface area contributed by atoms with Crippen LogP contribution in [0.3, 0.4) is 0 Å². The van der Waals surface area contributed by atoms with Gasteiger partial charge in [-0.1, -0.05) is 11.6 Å². The third-order valence-corrected chi connectivity index (χ3v) is 2.41. The van der Waals surface area contributed by atoms with E-state index in [2.05, 4.69) is 5.32 Å². The Labute approximate surface area is 107 Å². The van der Waals surface area contributed by atoms with E-state index in [4.69, 9.17) is 16.7 Å². The van der Waals surface area contributed by atoms with E-state index in [0.29, 0.717) is 0 Å². The van der Waals surface area contributed by atoms with Crippen molar-refractivity contribution < 1.29 is 18.8 Å². The van der Waals surface area contributed by atoms with Crippen molar-refractivity contribution in [1.82, 2.24) is 5.32 Å². The quantitative estimate of drug-likeness (QED) is 0.617. The fourth-order valence-corrected chi connectivity index (χ4v) is 1.46. The van der Waals surface area contributed by atoms with Gasteiger partial charge in [-0.25, -0.2) is 8.78 Å².